The van der Waals surface area contributed by atoms with E-state index in [-0.39, 0.29) is 10.9 Å². The molecule has 0 spiro atoms. The molecule has 1 aromatic heterocycles. The van der Waals surface area contributed by atoms with Gasteiger partial charge < -0.3 is 24.4 Å². The number of anilines is 1. The molecular formula is C20H20ClN3O5S. The van der Waals surface area contributed by atoms with Crippen LogP contribution >= 0.6 is 23.4 Å². The number of thioether (sulfide) groups is 1. The zero-order valence-corrected chi connectivity index (χ0v) is 18.1. The molecule has 158 valence electrons. The molecule has 3 aromatic rings. The van der Waals surface area contributed by atoms with Crippen molar-refractivity contribution in [3.8, 4) is 23.1 Å². The van der Waals surface area contributed by atoms with Crippen LogP contribution in [-0.2, 0) is 4.79 Å². The highest BCUT2D eigenvalue weighted by Crippen LogP contribution is 2.31. The Morgan fingerprint density at radius 1 is 1.27 bits per heavy atom. The number of hydrogen-bond acceptors (Lipinski definition) is 7. The van der Waals surface area contributed by atoms with Crippen molar-refractivity contribution in [1.29, 1.82) is 0 Å². The van der Waals surface area contributed by atoms with Crippen LogP contribution in [0.5, 0.6) is 17.4 Å². The van der Waals surface area contributed by atoms with Crippen molar-refractivity contribution in [2.24, 2.45) is 0 Å². The summed E-state index contributed by atoms with van der Waals surface area (Å²) in [4.78, 5) is 12.8. The molecule has 0 aliphatic rings. The third-order valence-corrected chi connectivity index (χ3v) is 5.92. The molecule has 0 bridgehead atoms. The summed E-state index contributed by atoms with van der Waals surface area (Å²) in [5.74, 6) is 0.292. The molecule has 30 heavy (non-hydrogen) atoms. The molecule has 8 nitrogen and oxygen atoms in total. The summed E-state index contributed by atoms with van der Waals surface area (Å²) in [6.07, 6.45) is 0.480. The van der Waals surface area contributed by atoms with Gasteiger partial charge >= 0.3 is 0 Å². The highest BCUT2D eigenvalue weighted by atomic mass is 35.5. The third kappa shape index (κ3) is 4.80. The van der Waals surface area contributed by atoms with Crippen LogP contribution < -0.4 is 24.6 Å². The van der Waals surface area contributed by atoms with E-state index >= 15 is 0 Å². The second-order valence-electron chi connectivity index (χ2n) is 6.13. The van der Waals surface area contributed by atoms with E-state index in [1.165, 1.54) is 11.8 Å². The predicted molar refractivity (Wildman–Crippen MR) is 111 cm³/mol. The van der Waals surface area contributed by atoms with Gasteiger partial charge in [-0.3, -0.25) is 4.79 Å². The van der Waals surface area contributed by atoms with Gasteiger partial charge in [-0.05, 0) is 53.2 Å². The van der Waals surface area contributed by atoms with E-state index in [1.54, 1.807) is 49.6 Å². The van der Waals surface area contributed by atoms with Crippen LogP contribution in [0, 0.1) is 0 Å². The number of rotatable bonds is 8. The van der Waals surface area contributed by atoms with Gasteiger partial charge in [0.2, 0.25) is 11.6 Å². The molecule has 1 N–H and O–H groups in total. The minimum Gasteiger partial charge on any atom is -0.538 e. The lowest BCUT2D eigenvalue weighted by Crippen LogP contribution is -2.36. The number of nitrogens with one attached hydrogen (secondary N) is 1. The molecule has 0 saturated heterocycles. The Morgan fingerprint density at radius 2 is 2.00 bits per heavy atom. The van der Waals surface area contributed by atoms with Gasteiger partial charge in [0.05, 0.1) is 29.8 Å². The van der Waals surface area contributed by atoms with Gasteiger partial charge in [-0.2, -0.15) is 0 Å². The Balaban J connectivity index is 1.79. The number of carbonyl (C=O) groups excluding carboxylic acids is 1. The quantitative estimate of drug-likeness (QED) is 0.416. The molecule has 1 heterocycles. The fourth-order valence-electron chi connectivity index (χ4n) is 2.65. The van der Waals surface area contributed by atoms with Crippen LogP contribution in [0.3, 0.4) is 0 Å². The van der Waals surface area contributed by atoms with Gasteiger partial charge in [0.1, 0.15) is 11.5 Å². The van der Waals surface area contributed by atoms with Gasteiger partial charge in [0.25, 0.3) is 5.03 Å². The highest BCUT2D eigenvalue weighted by molar-refractivity contribution is 8.00. The van der Waals surface area contributed by atoms with Crippen LogP contribution in [0.2, 0.25) is 5.02 Å². The van der Waals surface area contributed by atoms with Crippen molar-refractivity contribution >= 4 is 35.0 Å². The average molecular weight is 450 g/mol. The maximum Gasteiger partial charge on any atom is 0.298 e. The van der Waals surface area contributed by atoms with E-state index in [1.807, 2.05) is 6.92 Å². The molecule has 0 fully saturated rings. The molecular weight excluding hydrogens is 430 g/mol. The number of methoxy groups -OCH3 is 2. The van der Waals surface area contributed by atoms with E-state index in [9.17, 15) is 9.90 Å². The summed E-state index contributed by atoms with van der Waals surface area (Å²) in [7, 11) is 3.08. The minimum atomic E-state index is -0.616. The lowest BCUT2D eigenvalue weighted by atomic mass is 10.2. The van der Waals surface area contributed by atoms with Crippen LogP contribution in [-0.4, -0.2) is 30.6 Å². The number of nitrogens with zero attached hydrogens (tertiary/aromatic N) is 2. The zero-order chi connectivity index (χ0) is 21.7. The first-order valence-corrected chi connectivity index (χ1v) is 10.3. The molecule has 0 aliphatic heterocycles. The van der Waals surface area contributed by atoms with Gasteiger partial charge in [-0.15, -0.1) is 0 Å². The second kappa shape index (κ2) is 9.73. The Labute approximate surface area is 182 Å². The van der Waals surface area contributed by atoms with Crippen molar-refractivity contribution in [2.45, 2.75) is 23.6 Å². The normalized spacial score (nSPS) is 11.7. The first-order chi connectivity index (χ1) is 14.5. The summed E-state index contributed by atoms with van der Waals surface area (Å²) in [5, 5.41) is 18.9. The first-order valence-electron chi connectivity index (χ1n) is 9.01. The summed E-state index contributed by atoms with van der Waals surface area (Å²) in [5.41, 5.74) is 1.14. The fraction of sp³-hybridized carbons (Fsp3) is 0.250. The predicted octanol–water partition coefficient (Wildman–Crippen LogP) is 3.20. The largest absolute Gasteiger partial charge is 0.538 e. The topological polar surface area (TPSA) is 101 Å². The van der Waals surface area contributed by atoms with Crippen LogP contribution in [0.1, 0.15) is 13.3 Å². The van der Waals surface area contributed by atoms with Crippen LogP contribution in [0.25, 0.3) is 5.69 Å². The molecule has 3 rings (SSSR count). The summed E-state index contributed by atoms with van der Waals surface area (Å²) in [6.45, 7) is 1.86. The molecule has 1 amide bonds. The molecule has 1 atom stereocenters. The lowest BCUT2D eigenvalue weighted by molar-refractivity contribution is -0.705. The van der Waals surface area contributed by atoms with E-state index in [4.69, 9.17) is 25.6 Å². The number of hydrogen-bond donors (Lipinski definition) is 1. The second-order valence-corrected chi connectivity index (χ2v) is 7.73. The van der Waals surface area contributed by atoms with Crippen LogP contribution in [0.15, 0.2) is 52.0 Å². The number of benzene rings is 2. The Kier molecular flexibility index (Phi) is 7.07. The number of halogens is 1. The van der Waals surface area contributed by atoms with Crippen LogP contribution in [0.4, 0.5) is 5.69 Å². The van der Waals surface area contributed by atoms with Gasteiger partial charge in [-0.25, -0.2) is 0 Å². The van der Waals surface area contributed by atoms with Gasteiger partial charge in [0, 0.05) is 17.8 Å². The fourth-order valence-corrected chi connectivity index (χ4v) is 3.88. The van der Waals surface area contributed by atoms with Crippen molar-refractivity contribution < 1.29 is 28.6 Å². The number of carbonyl (C=O) groups is 1. The summed E-state index contributed by atoms with van der Waals surface area (Å²) >= 11 is 7.20. The molecule has 0 radical (unpaired) electrons. The van der Waals surface area contributed by atoms with Crippen molar-refractivity contribution in [1.82, 2.24) is 5.27 Å². The molecule has 2 aromatic carbocycles. The van der Waals surface area contributed by atoms with E-state index in [0.29, 0.717) is 34.3 Å². The number of ether oxygens (including phenoxy) is 2. The first kappa shape index (κ1) is 21.8. The lowest BCUT2D eigenvalue weighted by Gasteiger charge is -2.14. The summed E-state index contributed by atoms with van der Waals surface area (Å²) in [6, 6.07) is 11.9. The highest BCUT2D eigenvalue weighted by Gasteiger charge is 2.28. The Bertz CT molecular complexity index is 1030. The zero-order valence-electron chi connectivity index (χ0n) is 16.5. The van der Waals surface area contributed by atoms with E-state index in [2.05, 4.69) is 10.6 Å². The standard InChI is InChI=1S/C20H20ClN3O5S/c1-4-17(18(25)22-12-5-10-16(28-3)15(21)11-12)30-19-20(26)29-23-24(19)13-6-8-14(27-2)9-7-13/h5-11,17H,4H2,1-3H3,(H-,22,23,25,26). The monoisotopic (exact) mass is 449 g/mol. The van der Waals surface area contributed by atoms with E-state index < -0.39 is 11.2 Å². The Morgan fingerprint density at radius 3 is 2.60 bits per heavy atom. The van der Waals surface area contributed by atoms with Gasteiger partial charge in [-0.1, -0.05) is 18.5 Å². The average Bonchev–Trinajstić information content (AvgIpc) is 3.12. The molecule has 0 saturated carbocycles. The summed E-state index contributed by atoms with van der Waals surface area (Å²) < 4.78 is 16.5. The SMILES string of the molecule is CCC(Sc1c([O-])on[n+]1-c1ccc(OC)cc1)C(=O)Nc1ccc(OC)c(Cl)c1. The number of amides is 1. The smallest absolute Gasteiger partial charge is 0.298 e. The molecule has 1 unspecified atom stereocenters. The minimum absolute atomic E-state index is 0.204. The van der Waals surface area contributed by atoms with E-state index in [0.717, 1.165) is 11.8 Å². The Hall–Kier alpha value is -2.91. The van der Waals surface area contributed by atoms with Crippen molar-refractivity contribution in [2.75, 3.05) is 19.5 Å². The van der Waals surface area contributed by atoms with Crippen molar-refractivity contribution in [3.63, 3.8) is 0 Å². The third-order valence-electron chi connectivity index (χ3n) is 4.23. The van der Waals surface area contributed by atoms with Gasteiger partial charge in [0.15, 0.2) is 5.95 Å². The molecule has 10 heteroatoms. The molecule has 0 aliphatic carbocycles. The van der Waals surface area contributed by atoms with Crippen molar-refractivity contribution in [3.05, 3.63) is 47.5 Å². The maximum atomic E-state index is 12.8. The number of aromatic nitrogens is 2. The maximum absolute atomic E-state index is 12.8.